The van der Waals surface area contributed by atoms with Crippen LogP contribution in [0, 0.1) is 0 Å². The molecule has 0 bridgehead atoms. The van der Waals surface area contributed by atoms with Gasteiger partial charge in [-0.15, -0.1) is 0 Å². The van der Waals surface area contributed by atoms with E-state index in [0.717, 1.165) is 25.7 Å². The quantitative estimate of drug-likeness (QED) is 0.310. The predicted molar refractivity (Wildman–Crippen MR) is 83.6 cm³/mol. The van der Waals surface area contributed by atoms with Gasteiger partial charge in [0.05, 0.1) is 12.7 Å². The Balaban J connectivity index is 3.41. The molecule has 1 atom stereocenters. The molecule has 3 nitrogen and oxygen atoms in total. The zero-order valence-corrected chi connectivity index (χ0v) is 13.3. The fraction of sp³-hybridized carbons (Fsp3) is 0.824. The zero-order chi connectivity index (χ0) is 15.1. The van der Waals surface area contributed by atoms with Crippen LogP contribution in [0.3, 0.4) is 0 Å². The van der Waals surface area contributed by atoms with Crippen molar-refractivity contribution >= 4 is 5.97 Å². The standard InChI is InChI=1S/C17H32O3/c1-3-5-7-9-10-12-16(18)13-14-17(19)20-15-11-8-6-4-2/h6,8,16,18H,3-5,7,9-15H2,1-2H3. The number of carbonyl (C=O) groups excluding carboxylic acids is 1. The molecule has 0 saturated carbocycles. The first kappa shape index (κ1) is 19.2. The molecule has 0 aliphatic carbocycles. The van der Waals surface area contributed by atoms with Gasteiger partial charge < -0.3 is 9.84 Å². The number of aliphatic hydroxyl groups is 1. The molecule has 0 aromatic heterocycles. The molecule has 0 heterocycles. The van der Waals surface area contributed by atoms with E-state index in [1.165, 1.54) is 25.7 Å². The van der Waals surface area contributed by atoms with Crippen LogP contribution in [0.1, 0.15) is 78.1 Å². The highest BCUT2D eigenvalue weighted by Crippen LogP contribution is 2.10. The van der Waals surface area contributed by atoms with Gasteiger partial charge >= 0.3 is 5.97 Å². The van der Waals surface area contributed by atoms with Crippen molar-refractivity contribution in [2.45, 2.75) is 84.2 Å². The largest absolute Gasteiger partial charge is 0.465 e. The highest BCUT2D eigenvalue weighted by molar-refractivity contribution is 5.69. The molecule has 0 rings (SSSR count). The first-order valence-electron chi connectivity index (χ1n) is 8.19. The second kappa shape index (κ2) is 14.6. The maximum absolute atomic E-state index is 11.4. The molecule has 1 N–H and O–H groups in total. The van der Waals surface area contributed by atoms with Crippen molar-refractivity contribution in [3.63, 3.8) is 0 Å². The summed E-state index contributed by atoms with van der Waals surface area (Å²) >= 11 is 0. The number of rotatable bonds is 13. The Kier molecular flexibility index (Phi) is 14.0. The predicted octanol–water partition coefficient (Wildman–Crippen LogP) is 4.39. The molecule has 0 amide bonds. The van der Waals surface area contributed by atoms with Crippen molar-refractivity contribution in [1.29, 1.82) is 0 Å². The molecule has 118 valence electrons. The highest BCUT2D eigenvalue weighted by atomic mass is 16.5. The van der Waals surface area contributed by atoms with Gasteiger partial charge in [0, 0.05) is 6.42 Å². The lowest BCUT2D eigenvalue weighted by Crippen LogP contribution is -2.12. The highest BCUT2D eigenvalue weighted by Gasteiger charge is 2.08. The SMILES string of the molecule is CCC=CCCOC(=O)CCC(O)CCCCCCC. The number of esters is 1. The van der Waals surface area contributed by atoms with Crippen LogP contribution in [-0.2, 0) is 9.53 Å². The van der Waals surface area contributed by atoms with E-state index in [1.54, 1.807) is 0 Å². The fourth-order valence-electron chi connectivity index (χ4n) is 2.01. The van der Waals surface area contributed by atoms with Crippen LogP contribution < -0.4 is 0 Å². The van der Waals surface area contributed by atoms with Crippen LogP contribution in [-0.4, -0.2) is 23.8 Å². The fourth-order valence-corrected chi connectivity index (χ4v) is 2.01. The Morgan fingerprint density at radius 2 is 1.85 bits per heavy atom. The first-order chi connectivity index (χ1) is 9.70. The molecule has 0 spiro atoms. The summed E-state index contributed by atoms with van der Waals surface area (Å²) < 4.78 is 5.10. The van der Waals surface area contributed by atoms with Crippen molar-refractivity contribution in [2.24, 2.45) is 0 Å². The third-order valence-electron chi connectivity index (χ3n) is 3.27. The number of ether oxygens (including phenoxy) is 1. The summed E-state index contributed by atoms with van der Waals surface area (Å²) in [7, 11) is 0. The number of unbranched alkanes of at least 4 members (excludes halogenated alkanes) is 4. The van der Waals surface area contributed by atoms with E-state index < -0.39 is 0 Å². The lowest BCUT2D eigenvalue weighted by atomic mass is 10.1. The summed E-state index contributed by atoms with van der Waals surface area (Å²) in [6.45, 7) is 4.72. The molecule has 0 radical (unpaired) electrons. The van der Waals surface area contributed by atoms with Crippen LogP contribution in [0.15, 0.2) is 12.2 Å². The van der Waals surface area contributed by atoms with Crippen LogP contribution >= 0.6 is 0 Å². The van der Waals surface area contributed by atoms with Gasteiger partial charge in [-0.3, -0.25) is 4.79 Å². The topological polar surface area (TPSA) is 46.5 Å². The Bertz CT molecular complexity index is 249. The van der Waals surface area contributed by atoms with Crippen molar-refractivity contribution in [3.8, 4) is 0 Å². The number of allylic oxidation sites excluding steroid dienone is 1. The van der Waals surface area contributed by atoms with Crippen molar-refractivity contribution in [2.75, 3.05) is 6.61 Å². The Morgan fingerprint density at radius 3 is 2.55 bits per heavy atom. The van der Waals surface area contributed by atoms with E-state index in [9.17, 15) is 9.90 Å². The molecule has 0 aliphatic rings. The van der Waals surface area contributed by atoms with Gasteiger partial charge in [0.25, 0.3) is 0 Å². The molecule has 0 aromatic carbocycles. The zero-order valence-electron chi connectivity index (χ0n) is 13.3. The number of hydrogen-bond acceptors (Lipinski definition) is 3. The summed E-state index contributed by atoms with van der Waals surface area (Å²) in [6, 6.07) is 0. The molecule has 20 heavy (non-hydrogen) atoms. The van der Waals surface area contributed by atoms with Gasteiger partial charge in [-0.2, -0.15) is 0 Å². The molecule has 0 saturated heterocycles. The summed E-state index contributed by atoms with van der Waals surface area (Å²) in [6.07, 6.45) is 13.2. The number of aliphatic hydroxyl groups excluding tert-OH is 1. The van der Waals surface area contributed by atoms with E-state index in [2.05, 4.69) is 19.9 Å². The molecule has 0 aromatic rings. The van der Waals surface area contributed by atoms with Crippen LogP contribution in [0.5, 0.6) is 0 Å². The van der Waals surface area contributed by atoms with Gasteiger partial charge in [0.1, 0.15) is 0 Å². The Labute approximate surface area is 124 Å². The van der Waals surface area contributed by atoms with E-state index in [4.69, 9.17) is 4.74 Å². The maximum atomic E-state index is 11.4. The summed E-state index contributed by atoms with van der Waals surface area (Å²) in [4.78, 5) is 11.4. The summed E-state index contributed by atoms with van der Waals surface area (Å²) in [5.41, 5.74) is 0. The van der Waals surface area contributed by atoms with Crippen LogP contribution in [0.25, 0.3) is 0 Å². The molecular formula is C17H32O3. The van der Waals surface area contributed by atoms with Crippen molar-refractivity contribution in [1.82, 2.24) is 0 Å². The minimum absolute atomic E-state index is 0.195. The average Bonchev–Trinajstić information content (AvgIpc) is 2.44. The smallest absolute Gasteiger partial charge is 0.305 e. The van der Waals surface area contributed by atoms with Crippen LogP contribution in [0.2, 0.25) is 0 Å². The third kappa shape index (κ3) is 13.6. The lowest BCUT2D eigenvalue weighted by Gasteiger charge is -2.10. The Hall–Kier alpha value is -0.830. The Morgan fingerprint density at radius 1 is 1.10 bits per heavy atom. The lowest BCUT2D eigenvalue weighted by molar-refractivity contribution is -0.144. The number of hydrogen-bond donors (Lipinski definition) is 1. The summed E-state index contributed by atoms with van der Waals surface area (Å²) in [5, 5.41) is 9.78. The second-order valence-corrected chi connectivity index (χ2v) is 5.28. The minimum atomic E-state index is -0.357. The summed E-state index contributed by atoms with van der Waals surface area (Å²) in [5.74, 6) is -0.195. The third-order valence-corrected chi connectivity index (χ3v) is 3.27. The average molecular weight is 284 g/mol. The van der Waals surface area contributed by atoms with Gasteiger partial charge in [0.15, 0.2) is 0 Å². The van der Waals surface area contributed by atoms with Gasteiger partial charge in [-0.25, -0.2) is 0 Å². The maximum Gasteiger partial charge on any atom is 0.305 e. The van der Waals surface area contributed by atoms with E-state index in [0.29, 0.717) is 19.4 Å². The molecule has 0 aliphatic heterocycles. The van der Waals surface area contributed by atoms with Crippen molar-refractivity contribution < 1.29 is 14.6 Å². The molecule has 3 heteroatoms. The van der Waals surface area contributed by atoms with E-state index >= 15 is 0 Å². The van der Waals surface area contributed by atoms with E-state index in [-0.39, 0.29) is 12.1 Å². The monoisotopic (exact) mass is 284 g/mol. The van der Waals surface area contributed by atoms with E-state index in [1.807, 2.05) is 6.08 Å². The molecular weight excluding hydrogens is 252 g/mol. The van der Waals surface area contributed by atoms with Gasteiger partial charge in [-0.1, -0.05) is 58.1 Å². The normalized spacial score (nSPS) is 12.8. The molecule has 0 fully saturated rings. The minimum Gasteiger partial charge on any atom is -0.465 e. The van der Waals surface area contributed by atoms with Gasteiger partial charge in [-0.05, 0) is 25.7 Å². The first-order valence-corrected chi connectivity index (χ1v) is 8.19. The molecule has 1 unspecified atom stereocenters. The number of carbonyl (C=O) groups is 1. The van der Waals surface area contributed by atoms with Crippen LogP contribution in [0.4, 0.5) is 0 Å². The second-order valence-electron chi connectivity index (χ2n) is 5.28. The van der Waals surface area contributed by atoms with Crippen molar-refractivity contribution in [3.05, 3.63) is 12.2 Å². The van der Waals surface area contributed by atoms with Gasteiger partial charge in [0.2, 0.25) is 0 Å².